The van der Waals surface area contributed by atoms with Crippen molar-refractivity contribution in [3.63, 3.8) is 0 Å². The van der Waals surface area contributed by atoms with Crippen molar-refractivity contribution in [1.29, 1.82) is 0 Å². The summed E-state index contributed by atoms with van der Waals surface area (Å²) in [5, 5.41) is 19.2. The van der Waals surface area contributed by atoms with Crippen LogP contribution in [0.1, 0.15) is 11.7 Å². The quantitative estimate of drug-likeness (QED) is 0.755. The Labute approximate surface area is 89.1 Å². The number of benzene rings is 1. The molecule has 4 heteroatoms. The van der Waals surface area contributed by atoms with Crippen LogP contribution in [0.15, 0.2) is 24.3 Å². The molecule has 0 saturated carbocycles. The van der Waals surface area contributed by atoms with Gasteiger partial charge in [0.25, 0.3) is 0 Å². The minimum absolute atomic E-state index is 0.104. The maximum Gasteiger partial charge on any atom is 0.118 e. The second-order valence-electron chi connectivity index (χ2n) is 3.24. The average molecular weight is 212 g/mol. The molecule has 1 aromatic carbocycles. The number of hydrogen-bond donors (Lipinski definition) is 2. The molecule has 0 aliphatic rings. The third-order valence-electron chi connectivity index (χ3n) is 2.16. The largest absolute Gasteiger partial charge is 0.497 e. The van der Waals surface area contributed by atoms with E-state index >= 15 is 0 Å². The molecule has 0 spiro atoms. The summed E-state index contributed by atoms with van der Waals surface area (Å²) in [4.78, 5) is 0. The fourth-order valence-electron chi connectivity index (χ4n) is 1.29. The highest BCUT2D eigenvalue weighted by atomic mass is 16.5. The first-order chi connectivity index (χ1) is 7.19. The Morgan fingerprint density at radius 3 is 2.20 bits per heavy atom. The predicted octanol–water partition coefficient (Wildman–Crippen LogP) is 0.736. The van der Waals surface area contributed by atoms with Gasteiger partial charge in [-0.15, -0.1) is 0 Å². The summed E-state index contributed by atoms with van der Waals surface area (Å²) in [5.41, 5.74) is 0.639. The van der Waals surface area contributed by atoms with Gasteiger partial charge in [0, 0.05) is 7.11 Å². The van der Waals surface area contributed by atoms with Crippen LogP contribution in [0.2, 0.25) is 0 Å². The van der Waals surface area contributed by atoms with Crippen molar-refractivity contribution < 1.29 is 19.7 Å². The average Bonchev–Trinajstić information content (AvgIpc) is 2.28. The second kappa shape index (κ2) is 5.70. The van der Waals surface area contributed by atoms with Crippen LogP contribution >= 0.6 is 0 Å². The molecule has 15 heavy (non-hydrogen) atoms. The van der Waals surface area contributed by atoms with E-state index in [0.717, 1.165) is 0 Å². The molecular formula is C11H16O4. The zero-order chi connectivity index (χ0) is 11.3. The molecule has 0 aliphatic heterocycles. The van der Waals surface area contributed by atoms with Crippen LogP contribution in [-0.4, -0.2) is 37.1 Å². The fraction of sp³-hybridized carbons (Fsp3) is 0.455. The van der Waals surface area contributed by atoms with Crippen molar-refractivity contribution in [2.24, 2.45) is 0 Å². The van der Waals surface area contributed by atoms with Crippen molar-refractivity contribution in [3.05, 3.63) is 29.8 Å². The maximum atomic E-state index is 9.71. The van der Waals surface area contributed by atoms with Crippen molar-refractivity contribution in [2.45, 2.75) is 12.2 Å². The maximum absolute atomic E-state index is 9.71. The van der Waals surface area contributed by atoms with Gasteiger partial charge in [-0.3, -0.25) is 0 Å². The van der Waals surface area contributed by atoms with Crippen LogP contribution in [-0.2, 0) is 4.74 Å². The summed E-state index contributed by atoms with van der Waals surface area (Å²) in [6.45, 7) is 0.104. The standard InChI is InChI=1S/C11H16O4/c1-14-7-10(12)11(13)8-3-5-9(15-2)6-4-8/h3-6,10-13H,7H2,1-2H3. The molecule has 0 bridgehead atoms. The lowest BCUT2D eigenvalue weighted by Crippen LogP contribution is -2.23. The van der Waals surface area contributed by atoms with E-state index < -0.39 is 12.2 Å². The number of aliphatic hydroxyl groups is 2. The normalized spacial score (nSPS) is 14.7. The van der Waals surface area contributed by atoms with Gasteiger partial charge in [0.05, 0.1) is 13.7 Å². The summed E-state index contributed by atoms with van der Waals surface area (Å²) in [6.07, 6.45) is -1.85. The van der Waals surface area contributed by atoms with Crippen LogP contribution in [0, 0.1) is 0 Å². The van der Waals surface area contributed by atoms with Gasteiger partial charge in [-0.25, -0.2) is 0 Å². The van der Waals surface area contributed by atoms with E-state index in [1.807, 2.05) is 0 Å². The molecule has 0 amide bonds. The van der Waals surface area contributed by atoms with Crippen molar-refractivity contribution in [2.75, 3.05) is 20.8 Å². The number of aliphatic hydroxyl groups excluding tert-OH is 2. The van der Waals surface area contributed by atoms with Crippen LogP contribution in [0.5, 0.6) is 5.75 Å². The first-order valence-corrected chi connectivity index (χ1v) is 4.68. The summed E-state index contributed by atoms with van der Waals surface area (Å²) < 4.78 is 9.74. The summed E-state index contributed by atoms with van der Waals surface area (Å²) >= 11 is 0. The van der Waals surface area contributed by atoms with Gasteiger partial charge in [0.2, 0.25) is 0 Å². The molecule has 0 radical (unpaired) electrons. The highest BCUT2D eigenvalue weighted by Gasteiger charge is 2.17. The van der Waals surface area contributed by atoms with E-state index in [2.05, 4.69) is 0 Å². The summed E-state index contributed by atoms with van der Waals surface area (Å²) in [5.74, 6) is 0.715. The molecule has 0 fully saturated rings. The van der Waals surface area contributed by atoms with Crippen molar-refractivity contribution >= 4 is 0 Å². The summed E-state index contributed by atoms with van der Waals surface area (Å²) in [7, 11) is 3.05. The number of ether oxygens (including phenoxy) is 2. The molecule has 0 saturated heterocycles. The van der Waals surface area contributed by atoms with Gasteiger partial charge in [0.15, 0.2) is 0 Å². The Hall–Kier alpha value is -1.10. The molecule has 84 valence electrons. The molecule has 4 nitrogen and oxygen atoms in total. The smallest absolute Gasteiger partial charge is 0.118 e. The first-order valence-electron chi connectivity index (χ1n) is 4.68. The van der Waals surface area contributed by atoms with E-state index in [9.17, 15) is 10.2 Å². The van der Waals surface area contributed by atoms with Gasteiger partial charge in [-0.1, -0.05) is 12.1 Å². The van der Waals surface area contributed by atoms with Gasteiger partial charge >= 0.3 is 0 Å². The number of methoxy groups -OCH3 is 2. The molecule has 1 rings (SSSR count). The van der Waals surface area contributed by atoms with Gasteiger partial charge < -0.3 is 19.7 Å². The third-order valence-corrected chi connectivity index (χ3v) is 2.16. The van der Waals surface area contributed by atoms with E-state index in [1.165, 1.54) is 7.11 Å². The SMILES string of the molecule is COCC(O)C(O)c1ccc(OC)cc1. The first kappa shape index (κ1) is 12.0. The number of rotatable bonds is 5. The van der Waals surface area contributed by atoms with Crippen molar-refractivity contribution in [3.8, 4) is 5.75 Å². The highest BCUT2D eigenvalue weighted by molar-refractivity contribution is 5.28. The lowest BCUT2D eigenvalue weighted by Gasteiger charge is -2.17. The second-order valence-corrected chi connectivity index (χ2v) is 3.24. The van der Waals surface area contributed by atoms with E-state index in [1.54, 1.807) is 31.4 Å². The molecule has 2 N–H and O–H groups in total. The Kier molecular flexibility index (Phi) is 4.55. The topological polar surface area (TPSA) is 58.9 Å². The van der Waals surface area contributed by atoms with Gasteiger partial charge in [-0.2, -0.15) is 0 Å². The Morgan fingerprint density at radius 2 is 1.73 bits per heavy atom. The monoisotopic (exact) mass is 212 g/mol. The lowest BCUT2D eigenvalue weighted by atomic mass is 10.1. The van der Waals surface area contributed by atoms with E-state index in [0.29, 0.717) is 11.3 Å². The van der Waals surface area contributed by atoms with Crippen molar-refractivity contribution in [1.82, 2.24) is 0 Å². The Bertz CT molecular complexity index is 283. The number of hydrogen-bond acceptors (Lipinski definition) is 4. The predicted molar refractivity (Wildman–Crippen MR) is 55.8 cm³/mol. The molecule has 0 aromatic heterocycles. The highest BCUT2D eigenvalue weighted by Crippen LogP contribution is 2.20. The minimum atomic E-state index is -0.934. The molecule has 0 aliphatic carbocycles. The zero-order valence-corrected chi connectivity index (χ0v) is 8.88. The van der Waals surface area contributed by atoms with E-state index in [-0.39, 0.29) is 6.61 Å². The minimum Gasteiger partial charge on any atom is -0.497 e. The Balaban J connectivity index is 2.69. The van der Waals surface area contributed by atoms with Crippen LogP contribution in [0.25, 0.3) is 0 Å². The molecule has 2 atom stereocenters. The van der Waals surface area contributed by atoms with E-state index in [4.69, 9.17) is 9.47 Å². The fourth-order valence-corrected chi connectivity index (χ4v) is 1.29. The zero-order valence-electron chi connectivity index (χ0n) is 8.88. The Morgan fingerprint density at radius 1 is 1.13 bits per heavy atom. The molecule has 1 aromatic rings. The molecule has 0 heterocycles. The molecule has 2 unspecified atom stereocenters. The van der Waals surface area contributed by atoms with Gasteiger partial charge in [0.1, 0.15) is 18.0 Å². The van der Waals surface area contributed by atoms with Crippen LogP contribution in [0.3, 0.4) is 0 Å². The van der Waals surface area contributed by atoms with Gasteiger partial charge in [-0.05, 0) is 17.7 Å². The summed E-state index contributed by atoms with van der Waals surface area (Å²) in [6, 6.07) is 6.89. The van der Waals surface area contributed by atoms with Crippen LogP contribution < -0.4 is 4.74 Å². The lowest BCUT2D eigenvalue weighted by molar-refractivity contribution is -0.0273. The molecular weight excluding hydrogens is 196 g/mol. The third kappa shape index (κ3) is 3.20. The van der Waals surface area contributed by atoms with Crippen LogP contribution in [0.4, 0.5) is 0 Å².